The van der Waals surface area contributed by atoms with Crippen LogP contribution in [-0.2, 0) is 14.8 Å². The number of rotatable bonds is 4. The predicted molar refractivity (Wildman–Crippen MR) is 68.0 cm³/mol. The average molecular weight is 272 g/mol. The molecule has 0 aliphatic carbocycles. The minimum atomic E-state index is -3.51. The van der Waals surface area contributed by atoms with E-state index in [4.69, 9.17) is 4.74 Å². The van der Waals surface area contributed by atoms with Crippen LogP contribution in [0.4, 0.5) is 10.5 Å². The molecule has 1 N–H and O–H groups in total. The normalized spacial score (nSPS) is 11.3. The van der Waals surface area contributed by atoms with E-state index in [0.29, 0.717) is 5.69 Å². The number of ether oxygens (including phenoxy) is 1. The third-order valence-electron chi connectivity index (χ3n) is 2.13. The van der Waals surface area contributed by atoms with E-state index in [1.165, 1.54) is 26.2 Å². The van der Waals surface area contributed by atoms with E-state index < -0.39 is 16.1 Å². The standard InChI is InChI=1S/C11H16N2O4S/c1-4-17-11(14)12-9-6-5-7-10(8-9)18(15,16)13(2)3/h5-8H,4H2,1-3H3,(H,12,14). The maximum atomic E-state index is 11.9. The summed E-state index contributed by atoms with van der Waals surface area (Å²) < 4.78 is 29.6. The predicted octanol–water partition coefficient (Wildman–Crippen LogP) is 1.51. The van der Waals surface area contributed by atoms with E-state index in [1.54, 1.807) is 19.1 Å². The van der Waals surface area contributed by atoms with Crippen molar-refractivity contribution in [2.24, 2.45) is 0 Å². The highest BCUT2D eigenvalue weighted by Gasteiger charge is 2.17. The molecule has 6 nitrogen and oxygen atoms in total. The van der Waals surface area contributed by atoms with Crippen molar-refractivity contribution in [3.8, 4) is 0 Å². The Morgan fingerprint density at radius 3 is 2.61 bits per heavy atom. The third-order valence-corrected chi connectivity index (χ3v) is 3.95. The van der Waals surface area contributed by atoms with Crippen LogP contribution in [0.5, 0.6) is 0 Å². The van der Waals surface area contributed by atoms with Crippen LogP contribution in [0.2, 0.25) is 0 Å². The summed E-state index contributed by atoms with van der Waals surface area (Å²) in [7, 11) is -0.616. The van der Waals surface area contributed by atoms with Crippen molar-refractivity contribution in [2.45, 2.75) is 11.8 Å². The second-order valence-electron chi connectivity index (χ2n) is 3.66. The smallest absolute Gasteiger partial charge is 0.411 e. The van der Waals surface area contributed by atoms with Crippen LogP contribution >= 0.6 is 0 Å². The van der Waals surface area contributed by atoms with Crippen LogP contribution in [0.15, 0.2) is 29.2 Å². The monoisotopic (exact) mass is 272 g/mol. The number of carbonyl (C=O) groups is 1. The van der Waals surface area contributed by atoms with Gasteiger partial charge in [0.1, 0.15) is 0 Å². The number of anilines is 1. The molecular weight excluding hydrogens is 256 g/mol. The second kappa shape index (κ2) is 5.83. The Labute approximate surface area is 107 Å². The summed E-state index contributed by atoms with van der Waals surface area (Å²) in [6, 6.07) is 5.99. The number of nitrogens with zero attached hydrogens (tertiary/aromatic N) is 1. The lowest BCUT2D eigenvalue weighted by molar-refractivity contribution is 0.168. The molecule has 1 aromatic rings. The van der Waals surface area contributed by atoms with Gasteiger partial charge in [0.15, 0.2) is 0 Å². The maximum Gasteiger partial charge on any atom is 0.411 e. The van der Waals surface area contributed by atoms with Gasteiger partial charge in [0.05, 0.1) is 11.5 Å². The van der Waals surface area contributed by atoms with Crippen molar-refractivity contribution < 1.29 is 17.9 Å². The van der Waals surface area contributed by atoms with Gasteiger partial charge in [-0.2, -0.15) is 0 Å². The van der Waals surface area contributed by atoms with Gasteiger partial charge in [-0.1, -0.05) is 6.07 Å². The molecule has 1 amide bonds. The van der Waals surface area contributed by atoms with Gasteiger partial charge < -0.3 is 4.74 Å². The summed E-state index contributed by atoms with van der Waals surface area (Å²) in [4.78, 5) is 11.3. The molecule has 18 heavy (non-hydrogen) atoms. The molecule has 0 radical (unpaired) electrons. The van der Waals surface area contributed by atoms with E-state index >= 15 is 0 Å². The van der Waals surface area contributed by atoms with E-state index in [9.17, 15) is 13.2 Å². The van der Waals surface area contributed by atoms with Gasteiger partial charge in [0.25, 0.3) is 0 Å². The molecule has 1 rings (SSSR count). The summed E-state index contributed by atoms with van der Waals surface area (Å²) in [5.41, 5.74) is 0.372. The lowest BCUT2D eigenvalue weighted by Crippen LogP contribution is -2.22. The second-order valence-corrected chi connectivity index (χ2v) is 5.81. The Morgan fingerprint density at radius 1 is 1.39 bits per heavy atom. The summed E-state index contributed by atoms with van der Waals surface area (Å²) in [6.07, 6.45) is -0.614. The van der Waals surface area contributed by atoms with Crippen LogP contribution in [0.1, 0.15) is 6.92 Å². The molecular formula is C11H16N2O4S. The zero-order valence-corrected chi connectivity index (χ0v) is 11.3. The first kappa shape index (κ1) is 14.5. The number of hydrogen-bond donors (Lipinski definition) is 1. The first-order valence-corrected chi connectivity index (χ1v) is 6.78. The SMILES string of the molecule is CCOC(=O)Nc1cccc(S(=O)(=O)N(C)C)c1. The molecule has 0 heterocycles. The Hall–Kier alpha value is -1.60. The summed E-state index contributed by atoms with van der Waals surface area (Å²) >= 11 is 0. The fourth-order valence-corrected chi connectivity index (χ4v) is 2.18. The van der Waals surface area contributed by atoms with Crippen LogP contribution in [0, 0.1) is 0 Å². The van der Waals surface area contributed by atoms with Crippen LogP contribution in [0.25, 0.3) is 0 Å². The van der Waals surface area contributed by atoms with E-state index in [2.05, 4.69) is 5.32 Å². The molecule has 0 fully saturated rings. The van der Waals surface area contributed by atoms with Gasteiger partial charge in [0.2, 0.25) is 10.0 Å². The van der Waals surface area contributed by atoms with E-state index in [1.807, 2.05) is 0 Å². The van der Waals surface area contributed by atoms with Crippen molar-refractivity contribution in [3.05, 3.63) is 24.3 Å². The van der Waals surface area contributed by atoms with Crippen molar-refractivity contribution >= 4 is 21.8 Å². The highest BCUT2D eigenvalue weighted by Crippen LogP contribution is 2.17. The molecule has 1 aromatic carbocycles. The Bertz CT molecular complexity index is 526. The molecule has 0 aromatic heterocycles. The largest absolute Gasteiger partial charge is 0.450 e. The number of hydrogen-bond acceptors (Lipinski definition) is 4. The number of amides is 1. The van der Waals surface area contributed by atoms with Crippen LogP contribution in [0.3, 0.4) is 0 Å². The molecule has 0 atom stereocenters. The van der Waals surface area contributed by atoms with Gasteiger partial charge in [-0.05, 0) is 25.1 Å². The minimum Gasteiger partial charge on any atom is -0.450 e. The first-order chi connectivity index (χ1) is 8.37. The Kier molecular flexibility index (Phi) is 4.69. The number of nitrogens with one attached hydrogen (secondary N) is 1. The molecule has 0 aliphatic rings. The van der Waals surface area contributed by atoms with E-state index in [0.717, 1.165) is 4.31 Å². The van der Waals surface area contributed by atoms with Gasteiger partial charge in [-0.3, -0.25) is 5.32 Å². The third kappa shape index (κ3) is 3.44. The zero-order chi connectivity index (χ0) is 13.8. The van der Waals surface area contributed by atoms with Gasteiger partial charge >= 0.3 is 6.09 Å². The fourth-order valence-electron chi connectivity index (χ4n) is 1.23. The molecule has 0 saturated heterocycles. The quantitative estimate of drug-likeness (QED) is 0.901. The molecule has 100 valence electrons. The molecule has 0 saturated carbocycles. The first-order valence-electron chi connectivity index (χ1n) is 5.34. The number of benzene rings is 1. The number of carbonyl (C=O) groups excluding carboxylic acids is 1. The van der Waals surface area contributed by atoms with Gasteiger partial charge in [-0.25, -0.2) is 17.5 Å². The van der Waals surface area contributed by atoms with Gasteiger partial charge in [-0.15, -0.1) is 0 Å². The lowest BCUT2D eigenvalue weighted by Gasteiger charge is -2.12. The van der Waals surface area contributed by atoms with Crippen molar-refractivity contribution in [3.63, 3.8) is 0 Å². The Morgan fingerprint density at radius 2 is 2.06 bits per heavy atom. The van der Waals surface area contributed by atoms with Crippen molar-refractivity contribution in [2.75, 3.05) is 26.0 Å². The summed E-state index contributed by atoms with van der Waals surface area (Å²) in [5.74, 6) is 0. The van der Waals surface area contributed by atoms with Crippen molar-refractivity contribution in [1.82, 2.24) is 4.31 Å². The van der Waals surface area contributed by atoms with Crippen LogP contribution in [-0.4, -0.2) is 39.5 Å². The molecule has 0 spiro atoms. The molecule has 0 aliphatic heterocycles. The van der Waals surface area contributed by atoms with E-state index in [-0.39, 0.29) is 11.5 Å². The molecule has 0 bridgehead atoms. The highest BCUT2D eigenvalue weighted by molar-refractivity contribution is 7.89. The van der Waals surface area contributed by atoms with Crippen molar-refractivity contribution in [1.29, 1.82) is 0 Å². The maximum absolute atomic E-state index is 11.9. The fraction of sp³-hybridized carbons (Fsp3) is 0.364. The Balaban J connectivity index is 2.97. The zero-order valence-electron chi connectivity index (χ0n) is 10.5. The summed E-state index contributed by atoms with van der Waals surface area (Å²) in [5, 5.41) is 2.45. The van der Waals surface area contributed by atoms with Gasteiger partial charge in [0, 0.05) is 19.8 Å². The average Bonchev–Trinajstić information content (AvgIpc) is 2.29. The number of sulfonamides is 1. The minimum absolute atomic E-state index is 0.113. The lowest BCUT2D eigenvalue weighted by atomic mass is 10.3. The topological polar surface area (TPSA) is 75.7 Å². The summed E-state index contributed by atoms with van der Waals surface area (Å²) in [6.45, 7) is 1.94. The van der Waals surface area contributed by atoms with Crippen LogP contribution < -0.4 is 5.32 Å². The molecule has 7 heteroatoms. The highest BCUT2D eigenvalue weighted by atomic mass is 32.2. The molecule has 0 unspecified atom stereocenters.